The lowest BCUT2D eigenvalue weighted by atomic mass is 9.90. The molecule has 3 fully saturated rings. The number of nitrogens with zero attached hydrogens (tertiary/aromatic N) is 1. The minimum atomic E-state index is -1.07. The summed E-state index contributed by atoms with van der Waals surface area (Å²) < 4.78 is 15.8. The van der Waals surface area contributed by atoms with E-state index in [-0.39, 0.29) is 36.2 Å². The maximum absolute atomic E-state index is 13.7. The summed E-state index contributed by atoms with van der Waals surface area (Å²) in [5.74, 6) is -1.03. The number of hydrogen-bond donors (Lipinski definition) is 4. The average molecular weight is 589 g/mol. The fourth-order valence-electron chi connectivity index (χ4n) is 5.62. The second-order valence-corrected chi connectivity index (χ2v) is 11.8. The number of aromatic hydroxyl groups is 1. The summed E-state index contributed by atoms with van der Waals surface area (Å²) >= 11 is 0. The smallest absolute Gasteiger partial charge is 0.243 e. The number of ether oxygens (including phenoxy) is 3. The fourth-order valence-corrected chi connectivity index (χ4v) is 5.62. The molecule has 2 aliphatic heterocycles. The van der Waals surface area contributed by atoms with Crippen LogP contribution in [0.25, 0.3) is 0 Å². The number of Topliss-reactive ketones (excluding diaryl/α,β-unsaturated/α-hetero) is 1. The highest BCUT2D eigenvalue weighted by Crippen LogP contribution is 2.33. The lowest BCUT2D eigenvalue weighted by Gasteiger charge is -2.27. The Kier molecular flexibility index (Phi) is 10.8. The molecule has 1 aromatic carbocycles. The van der Waals surface area contributed by atoms with Crippen molar-refractivity contribution >= 4 is 23.5 Å². The second-order valence-electron chi connectivity index (χ2n) is 11.8. The highest BCUT2D eigenvalue weighted by molar-refractivity contribution is 5.98. The topological polar surface area (TPSA) is 159 Å². The molecule has 0 bridgehead atoms. The number of benzene rings is 1. The monoisotopic (exact) mass is 588 g/mol. The molecule has 12 nitrogen and oxygen atoms in total. The molecule has 1 aliphatic carbocycles. The lowest BCUT2D eigenvalue weighted by Crippen LogP contribution is -2.57. The van der Waals surface area contributed by atoms with Crippen LogP contribution in [0.5, 0.6) is 11.5 Å². The van der Waals surface area contributed by atoms with Gasteiger partial charge in [-0.2, -0.15) is 0 Å². The zero-order valence-corrected chi connectivity index (χ0v) is 24.8. The van der Waals surface area contributed by atoms with Gasteiger partial charge in [-0.15, -0.1) is 0 Å². The van der Waals surface area contributed by atoms with Crippen molar-refractivity contribution in [2.45, 2.75) is 76.1 Å². The van der Waals surface area contributed by atoms with Crippen molar-refractivity contribution in [2.75, 3.05) is 46.6 Å². The number of amides is 3. The van der Waals surface area contributed by atoms with E-state index in [2.05, 4.69) is 16.0 Å². The molecule has 1 unspecified atom stereocenters. The van der Waals surface area contributed by atoms with Gasteiger partial charge in [0.25, 0.3) is 0 Å². The average Bonchev–Trinajstić information content (AvgIpc) is 3.50. The van der Waals surface area contributed by atoms with Crippen LogP contribution in [0.3, 0.4) is 0 Å². The molecule has 4 N–H and O–H groups in total. The number of hydrogen-bond acceptors (Lipinski definition) is 9. The van der Waals surface area contributed by atoms with E-state index in [4.69, 9.17) is 14.2 Å². The van der Waals surface area contributed by atoms with E-state index in [1.807, 2.05) is 4.90 Å². The second kappa shape index (κ2) is 14.3. The standard InChI is InChI=1S/C30H44N4O8/c1-19(31-26(36)17-34-10-12-41-13-11-34)28(38)33-23(15-21-8-9-25(40-3)24(35)16-21)29(39)32-22(14-20-6-4-5-7-20)27(37)30(2)18-42-30/h8-9,16,19-20,22-23,35H,4-7,10-15,17-18H2,1-3H3,(H,31,36)(H,32,39)(H,33,38)/t19-,22-,23?,30+/m0/s1. The van der Waals surface area contributed by atoms with Gasteiger partial charge in [0.05, 0.1) is 39.5 Å². The fraction of sp³-hybridized carbons (Fsp3) is 0.667. The van der Waals surface area contributed by atoms with Crippen molar-refractivity contribution in [3.05, 3.63) is 23.8 Å². The number of carbonyl (C=O) groups is 4. The molecular weight excluding hydrogens is 544 g/mol. The number of nitrogens with one attached hydrogen (secondary N) is 3. The molecule has 0 aromatic heterocycles. The van der Waals surface area contributed by atoms with Gasteiger partial charge in [-0.25, -0.2) is 0 Å². The molecule has 4 atom stereocenters. The molecule has 12 heteroatoms. The molecule has 4 rings (SSSR count). The van der Waals surface area contributed by atoms with Gasteiger partial charge in [0, 0.05) is 19.5 Å². The first-order chi connectivity index (χ1) is 20.1. The number of phenolic OH excluding ortho intramolecular Hbond substituents is 1. The predicted molar refractivity (Wildman–Crippen MR) is 153 cm³/mol. The number of morpholine rings is 1. The lowest BCUT2D eigenvalue weighted by molar-refractivity contribution is -0.134. The normalized spacial score (nSPS) is 22.9. The zero-order chi connectivity index (χ0) is 30.3. The van der Waals surface area contributed by atoms with Gasteiger partial charge in [-0.1, -0.05) is 31.7 Å². The van der Waals surface area contributed by atoms with E-state index >= 15 is 0 Å². The van der Waals surface area contributed by atoms with E-state index < -0.39 is 35.5 Å². The van der Waals surface area contributed by atoms with Crippen LogP contribution < -0.4 is 20.7 Å². The summed E-state index contributed by atoms with van der Waals surface area (Å²) in [4.78, 5) is 54.8. The molecule has 2 saturated heterocycles. The van der Waals surface area contributed by atoms with E-state index in [1.165, 1.54) is 13.2 Å². The van der Waals surface area contributed by atoms with Crippen molar-refractivity contribution in [3.63, 3.8) is 0 Å². The Labute approximate surface area is 246 Å². The summed E-state index contributed by atoms with van der Waals surface area (Å²) in [5.41, 5.74) is -0.329. The van der Waals surface area contributed by atoms with Gasteiger partial charge in [0.15, 0.2) is 17.3 Å². The van der Waals surface area contributed by atoms with Crippen LogP contribution in [0.4, 0.5) is 0 Å². The first-order valence-corrected chi connectivity index (χ1v) is 14.8. The summed E-state index contributed by atoms with van der Waals surface area (Å²) in [6.45, 7) is 6.11. The van der Waals surface area contributed by atoms with Crippen molar-refractivity contribution in [1.29, 1.82) is 0 Å². The van der Waals surface area contributed by atoms with Crippen LogP contribution in [0.1, 0.15) is 51.5 Å². The number of carbonyl (C=O) groups excluding carboxylic acids is 4. The Bertz CT molecular complexity index is 1130. The number of rotatable bonds is 14. The van der Waals surface area contributed by atoms with Crippen LogP contribution in [-0.2, 0) is 35.1 Å². The highest BCUT2D eigenvalue weighted by atomic mass is 16.6. The quantitative estimate of drug-likeness (QED) is 0.229. The van der Waals surface area contributed by atoms with E-state index in [9.17, 15) is 24.3 Å². The molecule has 232 valence electrons. The van der Waals surface area contributed by atoms with Crippen LogP contribution in [0, 0.1) is 5.92 Å². The van der Waals surface area contributed by atoms with Gasteiger partial charge in [-0.3, -0.25) is 24.1 Å². The minimum Gasteiger partial charge on any atom is -0.504 e. The Morgan fingerprint density at radius 3 is 2.36 bits per heavy atom. The molecule has 0 spiro atoms. The van der Waals surface area contributed by atoms with Crippen molar-refractivity contribution < 1.29 is 38.5 Å². The number of methoxy groups -OCH3 is 1. The Morgan fingerprint density at radius 1 is 1.07 bits per heavy atom. The Morgan fingerprint density at radius 2 is 1.74 bits per heavy atom. The van der Waals surface area contributed by atoms with Crippen LogP contribution in [-0.4, -0.2) is 104 Å². The summed E-state index contributed by atoms with van der Waals surface area (Å²) in [6, 6.07) is 2.01. The SMILES string of the molecule is COc1ccc(CC(NC(=O)[C@H](C)NC(=O)CN2CCOCC2)C(=O)N[C@@H](CC2CCCC2)C(=O)[C@@]2(C)CO2)cc1O. The van der Waals surface area contributed by atoms with Crippen molar-refractivity contribution in [2.24, 2.45) is 5.92 Å². The molecule has 42 heavy (non-hydrogen) atoms. The van der Waals surface area contributed by atoms with Gasteiger partial charge in [-0.05, 0) is 43.9 Å². The van der Waals surface area contributed by atoms with Crippen LogP contribution >= 0.6 is 0 Å². The molecule has 3 aliphatic rings. The number of ketones is 1. The maximum Gasteiger partial charge on any atom is 0.243 e. The minimum absolute atomic E-state index is 0.0433. The third kappa shape index (κ3) is 8.65. The van der Waals surface area contributed by atoms with Gasteiger partial charge < -0.3 is 35.3 Å². The van der Waals surface area contributed by atoms with Crippen LogP contribution in [0.15, 0.2) is 18.2 Å². The molecule has 1 saturated carbocycles. The first-order valence-electron chi connectivity index (χ1n) is 14.8. The van der Waals surface area contributed by atoms with Crippen molar-refractivity contribution in [3.8, 4) is 11.5 Å². The number of epoxide rings is 1. The van der Waals surface area contributed by atoms with Gasteiger partial charge in [0.2, 0.25) is 17.7 Å². The van der Waals surface area contributed by atoms with Gasteiger partial charge >= 0.3 is 0 Å². The molecule has 2 heterocycles. The van der Waals surface area contributed by atoms with E-state index in [0.717, 1.165) is 25.7 Å². The summed E-state index contributed by atoms with van der Waals surface area (Å²) in [6.07, 6.45) is 4.77. The zero-order valence-electron chi connectivity index (χ0n) is 24.8. The van der Waals surface area contributed by atoms with E-state index in [1.54, 1.807) is 26.0 Å². The largest absolute Gasteiger partial charge is 0.504 e. The molecule has 0 radical (unpaired) electrons. The molecule has 3 amide bonds. The van der Waals surface area contributed by atoms with E-state index in [0.29, 0.717) is 50.8 Å². The maximum atomic E-state index is 13.7. The molecule has 1 aromatic rings. The Hall–Kier alpha value is -3.22. The van der Waals surface area contributed by atoms with Gasteiger partial charge in [0.1, 0.15) is 17.7 Å². The predicted octanol–water partition coefficient (Wildman–Crippen LogP) is 0.688. The Balaban J connectivity index is 1.46. The third-order valence-electron chi connectivity index (χ3n) is 8.33. The molecular formula is C30H44N4O8. The van der Waals surface area contributed by atoms with Crippen molar-refractivity contribution in [1.82, 2.24) is 20.9 Å². The third-order valence-corrected chi connectivity index (χ3v) is 8.33. The van der Waals surface area contributed by atoms with Crippen LogP contribution in [0.2, 0.25) is 0 Å². The summed E-state index contributed by atoms with van der Waals surface area (Å²) in [5, 5.41) is 18.7. The highest BCUT2D eigenvalue weighted by Gasteiger charge is 2.50. The summed E-state index contributed by atoms with van der Waals surface area (Å²) in [7, 11) is 1.44. The number of phenols is 1. The first kappa shape index (κ1) is 31.7.